The largest absolute Gasteiger partial charge is 0.341 e. The quantitative estimate of drug-likeness (QED) is 0.514. The number of hydrogen-bond donors (Lipinski definition) is 2. The molecule has 0 atom stereocenters. The van der Waals surface area contributed by atoms with E-state index in [-0.39, 0.29) is 5.56 Å². The Hall–Kier alpha value is -3.25. The molecule has 0 bridgehead atoms. The molecular weight excluding hydrogens is 364 g/mol. The Morgan fingerprint density at radius 2 is 1.69 bits per heavy atom. The molecule has 2 aromatic carbocycles. The Labute approximate surface area is 170 Å². The summed E-state index contributed by atoms with van der Waals surface area (Å²) < 4.78 is 0. The van der Waals surface area contributed by atoms with Crippen molar-refractivity contribution in [2.24, 2.45) is 5.92 Å². The maximum Gasteiger partial charge on any atom is 0.278 e. The lowest BCUT2D eigenvalue weighted by Crippen LogP contribution is -2.35. The van der Waals surface area contributed by atoms with Gasteiger partial charge in [0.05, 0.1) is 11.3 Å². The Kier molecular flexibility index (Phi) is 5.81. The van der Waals surface area contributed by atoms with Crippen LogP contribution in [0.4, 0.5) is 5.95 Å². The number of benzene rings is 2. The van der Waals surface area contributed by atoms with E-state index in [0.29, 0.717) is 17.6 Å². The molecule has 0 radical (unpaired) electrons. The van der Waals surface area contributed by atoms with Crippen molar-refractivity contribution in [3.8, 4) is 11.3 Å². The number of anilines is 1. The van der Waals surface area contributed by atoms with E-state index < -0.39 is 5.91 Å². The van der Waals surface area contributed by atoms with E-state index >= 15 is 0 Å². The highest BCUT2D eigenvalue weighted by molar-refractivity contribution is 5.99. The van der Waals surface area contributed by atoms with Crippen molar-refractivity contribution >= 4 is 11.9 Å². The van der Waals surface area contributed by atoms with Crippen LogP contribution in [-0.2, 0) is 6.42 Å². The number of hydrogen-bond acceptors (Lipinski definition) is 5. The van der Waals surface area contributed by atoms with Crippen LogP contribution in [-0.4, -0.2) is 34.2 Å². The first-order valence-electron chi connectivity index (χ1n) is 9.90. The van der Waals surface area contributed by atoms with Crippen LogP contribution in [0.25, 0.3) is 11.3 Å². The summed E-state index contributed by atoms with van der Waals surface area (Å²) in [7, 11) is 0. The molecule has 0 spiro atoms. The number of nitrogens with one attached hydrogen (secondary N) is 1. The van der Waals surface area contributed by atoms with Crippen molar-refractivity contribution in [3.05, 3.63) is 78.0 Å². The highest BCUT2D eigenvalue weighted by atomic mass is 16.5. The highest BCUT2D eigenvalue weighted by Gasteiger charge is 2.23. The number of carbonyl (C=O) groups is 1. The number of carbonyl (C=O) groups excluding carboxylic acids is 1. The minimum absolute atomic E-state index is 0.251. The van der Waals surface area contributed by atoms with Crippen LogP contribution in [0, 0.1) is 5.92 Å². The van der Waals surface area contributed by atoms with Crippen molar-refractivity contribution in [3.63, 3.8) is 0 Å². The van der Waals surface area contributed by atoms with Gasteiger partial charge < -0.3 is 4.90 Å². The first kappa shape index (κ1) is 19.1. The van der Waals surface area contributed by atoms with E-state index in [1.807, 2.05) is 30.3 Å². The Balaban J connectivity index is 1.51. The van der Waals surface area contributed by atoms with Gasteiger partial charge in [-0.2, -0.15) is 0 Å². The molecule has 148 valence electrons. The summed E-state index contributed by atoms with van der Waals surface area (Å²) in [5, 5.41) is 9.06. The first-order chi connectivity index (χ1) is 14.2. The van der Waals surface area contributed by atoms with Crippen molar-refractivity contribution in [2.45, 2.75) is 19.3 Å². The molecule has 29 heavy (non-hydrogen) atoms. The van der Waals surface area contributed by atoms with E-state index in [4.69, 9.17) is 5.21 Å². The Morgan fingerprint density at radius 3 is 2.34 bits per heavy atom. The molecule has 1 saturated heterocycles. The molecule has 2 N–H and O–H groups in total. The molecule has 1 aromatic heterocycles. The molecule has 1 fully saturated rings. The fourth-order valence-electron chi connectivity index (χ4n) is 3.85. The smallest absolute Gasteiger partial charge is 0.278 e. The van der Waals surface area contributed by atoms with Crippen LogP contribution in [0.3, 0.4) is 0 Å². The molecule has 6 heteroatoms. The van der Waals surface area contributed by atoms with E-state index in [9.17, 15) is 4.79 Å². The van der Waals surface area contributed by atoms with E-state index in [1.54, 1.807) is 5.48 Å². The minimum atomic E-state index is -0.614. The van der Waals surface area contributed by atoms with Crippen LogP contribution in [0.5, 0.6) is 0 Å². The van der Waals surface area contributed by atoms with Gasteiger partial charge in [-0.15, -0.1) is 0 Å². The fraction of sp³-hybridized carbons (Fsp3) is 0.261. The van der Waals surface area contributed by atoms with Gasteiger partial charge in [0.25, 0.3) is 5.91 Å². The van der Waals surface area contributed by atoms with Crippen molar-refractivity contribution in [2.75, 3.05) is 18.0 Å². The number of rotatable bonds is 5. The topological polar surface area (TPSA) is 78.3 Å². The van der Waals surface area contributed by atoms with Gasteiger partial charge >= 0.3 is 0 Å². The summed E-state index contributed by atoms with van der Waals surface area (Å²) in [5.74, 6) is 0.662. The molecule has 0 aliphatic carbocycles. The first-order valence-corrected chi connectivity index (χ1v) is 9.90. The van der Waals surface area contributed by atoms with Gasteiger partial charge in [-0.05, 0) is 30.7 Å². The molecule has 0 unspecified atom stereocenters. The van der Waals surface area contributed by atoms with Crippen molar-refractivity contribution < 1.29 is 10.0 Å². The molecule has 4 rings (SSSR count). The maximum atomic E-state index is 12.1. The summed E-state index contributed by atoms with van der Waals surface area (Å²) in [6.45, 7) is 1.77. The SMILES string of the molecule is O=C(NO)c1cnc(N2CCC(Cc3ccccc3)CC2)nc1-c1ccccc1. The lowest BCUT2D eigenvalue weighted by atomic mass is 9.90. The van der Waals surface area contributed by atoms with E-state index in [2.05, 4.69) is 45.2 Å². The molecule has 2 heterocycles. The summed E-state index contributed by atoms with van der Waals surface area (Å²) in [6, 6.07) is 20.1. The van der Waals surface area contributed by atoms with Crippen LogP contribution in [0.1, 0.15) is 28.8 Å². The van der Waals surface area contributed by atoms with Gasteiger partial charge in [0.15, 0.2) is 0 Å². The standard InChI is InChI=1S/C23H24N4O2/c28-22(26-29)20-16-24-23(25-21(20)19-9-5-2-6-10-19)27-13-11-18(12-14-27)15-17-7-3-1-4-8-17/h1-10,16,18,29H,11-15H2,(H,26,28). The van der Waals surface area contributed by atoms with Crippen molar-refractivity contribution in [1.82, 2.24) is 15.4 Å². The molecule has 1 aliphatic heterocycles. The zero-order valence-electron chi connectivity index (χ0n) is 16.2. The van der Waals surface area contributed by atoms with Gasteiger partial charge in [-0.1, -0.05) is 60.7 Å². The summed E-state index contributed by atoms with van der Waals surface area (Å²) >= 11 is 0. The normalized spacial score (nSPS) is 14.6. The molecule has 1 aliphatic rings. The van der Waals surface area contributed by atoms with Gasteiger partial charge in [0, 0.05) is 24.8 Å². The summed E-state index contributed by atoms with van der Waals surface area (Å²) in [5.41, 5.74) is 4.66. The predicted molar refractivity (Wildman–Crippen MR) is 112 cm³/mol. The molecule has 3 aromatic rings. The van der Waals surface area contributed by atoms with Crippen LogP contribution in [0.15, 0.2) is 66.9 Å². The number of aromatic nitrogens is 2. The zero-order valence-corrected chi connectivity index (χ0v) is 16.2. The lowest BCUT2D eigenvalue weighted by molar-refractivity contribution is 0.0706. The predicted octanol–water partition coefficient (Wildman–Crippen LogP) is 3.72. The third kappa shape index (κ3) is 4.43. The highest BCUT2D eigenvalue weighted by Crippen LogP contribution is 2.27. The van der Waals surface area contributed by atoms with Gasteiger partial charge in [0.1, 0.15) is 0 Å². The van der Waals surface area contributed by atoms with Crippen LogP contribution >= 0.6 is 0 Å². The second kappa shape index (κ2) is 8.84. The molecular formula is C23H24N4O2. The molecule has 0 saturated carbocycles. The molecule has 1 amide bonds. The third-order valence-electron chi connectivity index (χ3n) is 5.43. The number of hydroxylamine groups is 1. The third-order valence-corrected chi connectivity index (χ3v) is 5.43. The fourth-order valence-corrected chi connectivity index (χ4v) is 3.85. The number of nitrogens with zero attached hydrogens (tertiary/aromatic N) is 3. The van der Waals surface area contributed by atoms with Gasteiger partial charge in [0.2, 0.25) is 5.95 Å². The maximum absolute atomic E-state index is 12.1. The zero-order chi connectivity index (χ0) is 20.1. The monoisotopic (exact) mass is 388 g/mol. The van der Waals surface area contributed by atoms with Crippen LogP contribution in [0.2, 0.25) is 0 Å². The van der Waals surface area contributed by atoms with E-state index in [0.717, 1.165) is 37.9 Å². The van der Waals surface area contributed by atoms with E-state index in [1.165, 1.54) is 11.8 Å². The Bertz CT molecular complexity index is 955. The minimum Gasteiger partial charge on any atom is -0.341 e. The van der Waals surface area contributed by atoms with Gasteiger partial charge in [-0.3, -0.25) is 10.0 Å². The summed E-state index contributed by atoms with van der Waals surface area (Å²) in [6.07, 6.45) is 4.75. The second-order valence-electron chi connectivity index (χ2n) is 7.36. The van der Waals surface area contributed by atoms with Crippen LogP contribution < -0.4 is 10.4 Å². The Morgan fingerprint density at radius 1 is 1.03 bits per heavy atom. The summed E-state index contributed by atoms with van der Waals surface area (Å²) in [4.78, 5) is 23.3. The van der Waals surface area contributed by atoms with Crippen molar-refractivity contribution in [1.29, 1.82) is 0 Å². The second-order valence-corrected chi connectivity index (χ2v) is 7.36. The molecule has 6 nitrogen and oxygen atoms in total. The average Bonchev–Trinajstić information content (AvgIpc) is 2.80. The number of amides is 1. The average molecular weight is 388 g/mol. The number of piperidine rings is 1. The lowest BCUT2D eigenvalue weighted by Gasteiger charge is -2.32. The van der Waals surface area contributed by atoms with Gasteiger partial charge in [-0.25, -0.2) is 15.4 Å².